The summed E-state index contributed by atoms with van der Waals surface area (Å²) in [5.41, 5.74) is 1.77. The summed E-state index contributed by atoms with van der Waals surface area (Å²) in [6.45, 7) is 6.90. The van der Waals surface area contributed by atoms with Crippen LogP contribution in [0.25, 0.3) is 0 Å². The lowest BCUT2D eigenvalue weighted by Gasteiger charge is -2.30. The molecule has 0 heterocycles. The number of nitrogens with one attached hydrogen (secondary N) is 1. The van der Waals surface area contributed by atoms with E-state index in [-0.39, 0.29) is 0 Å². The maximum atomic E-state index is 3.46. The van der Waals surface area contributed by atoms with E-state index in [0.717, 1.165) is 4.47 Å². The topological polar surface area (TPSA) is 12.0 Å². The first-order chi connectivity index (χ1) is 7.93. The number of benzene rings is 1. The van der Waals surface area contributed by atoms with Gasteiger partial charge in [-0.05, 0) is 49.4 Å². The van der Waals surface area contributed by atoms with E-state index < -0.39 is 0 Å². The van der Waals surface area contributed by atoms with E-state index >= 15 is 0 Å². The van der Waals surface area contributed by atoms with E-state index in [2.05, 4.69) is 73.3 Å². The van der Waals surface area contributed by atoms with Gasteiger partial charge in [-0.2, -0.15) is 0 Å². The highest BCUT2D eigenvalue weighted by atomic mass is 79.9. The summed E-state index contributed by atoms with van der Waals surface area (Å²) in [5.74, 6) is 0. The molecule has 0 saturated heterocycles. The van der Waals surface area contributed by atoms with Crippen molar-refractivity contribution in [2.24, 2.45) is 5.41 Å². The van der Waals surface area contributed by atoms with Gasteiger partial charge in [0.25, 0.3) is 0 Å². The molecule has 1 N–H and O–H groups in total. The molecule has 1 aromatic rings. The summed E-state index contributed by atoms with van der Waals surface area (Å²) in [4.78, 5) is 0. The van der Waals surface area contributed by atoms with Gasteiger partial charge in [0.15, 0.2) is 0 Å². The Hall–Kier alpha value is -0.340. The molecule has 1 unspecified atom stereocenters. The largest absolute Gasteiger partial charge is 0.316 e. The van der Waals surface area contributed by atoms with Gasteiger partial charge in [0.1, 0.15) is 0 Å². The van der Waals surface area contributed by atoms with Crippen LogP contribution in [0.3, 0.4) is 0 Å². The second-order valence-electron chi connectivity index (χ2n) is 5.73. The monoisotopic (exact) mass is 297 g/mol. The van der Waals surface area contributed by atoms with Crippen LogP contribution in [0.1, 0.15) is 39.2 Å². The third-order valence-electron chi connectivity index (χ3n) is 3.27. The maximum absolute atomic E-state index is 3.46. The van der Waals surface area contributed by atoms with Crippen LogP contribution in [0.15, 0.2) is 28.7 Å². The van der Waals surface area contributed by atoms with Gasteiger partial charge >= 0.3 is 0 Å². The molecule has 0 aliphatic heterocycles. The number of hydrogen-bond acceptors (Lipinski definition) is 1. The molecule has 0 spiro atoms. The van der Waals surface area contributed by atoms with E-state index in [1.807, 2.05) is 0 Å². The fourth-order valence-electron chi connectivity index (χ4n) is 2.17. The second-order valence-corrected chi connectivity index (χ2v) is 6.64. The summed E-state index contributed by atoms with van der Waals surface area (Å²) >= 11 is 3.46. The van der Waals surface area contributed by atoms with E-state index in [4.69, 9.17) is 0 Å². The van der Waals surface area contributed by atoms with Gasteiger partial charge in [-0.15, -0.1) is 0 Å². The van der Waals surface area contributed by atoms with Crippen LogP contribution in [0.2, 0.25) is 0 Å². The van der Waals surface area contributed by atoms with Crippen molar-refractivity contribution in [1.82, 2.24) is 5.32 Å². The van der Waals surface area contributed by atoms with Crippen LogP contribution in [-0.2, 0) is 6.42 Å². The van der Waals surface area contributed by atoms with Crippen molar-refractivity contribution in [2.75, 3.05) is 7.05 Å². The fraction of sp³-hybridized carbons (Fsp3) is 0.600. The van der Waals surface area contributed by atoms with Gasteiger partial charge in [0.2, 0.25) is 0 Å². The van der Waals surface area contributed by atoms with Gasteiger partial charge < -0.3 is 5.32 Å². The van der Waals surface area contributed by atoms with Crippen molar-refractivity contribution in [1.29, 1.82) is 0 Å². The Bertz CT molecular complexity index is 324. The minimum atomic E-state index is 0.342. The summed E-state index contributed by atoms with van der Waals surface area (Å²) in [6, 6.07) is 9.24. The molecular formula is C15H24BrN. The Morgan fingerprint density at radius 2 is 1.76 bits per heavy atom. The Morgan fingerprint density at radius 1 is 1.18 bits per heavy atom. The van der Waals surface area contributed by atoms with Gasteiger partial charge in [0, 0.05) is 10.5 Å². The predicted octanol–water partition coefficient (Wildman–Crippen LogP) is 4.41. The third kappa shape index (κ3) is 5.22. The molecule has 0 saturated carbocycles. The van der Waals surface area contributed by atoms with E-state index in [9.17, 15) is 0 Å². The average Bonchev–Trinajstić information content (AvgIpc) is 2.25. The zero-order valence-corrected chi connectivity index (χ0v) is 13.0. The molecule has 0 aliphatic carbocycles. The van der Waals surface area contributed by atoms with Crippen LogP contribution in [0.5, 0.6) is 0 Å². The molecule has 0 aliphatic rings. The molecule has 0 amide bonds. The second kappa shape index (κ2) is 6.55. The summed E-state index contributed by atoms with van der Waals surface area (Å²) in [5, 5.41) is 3.43. The van der Waals surface area contributed by atoms with Gasteiger partial charge in [-0.25, -0.2) is 0 Å². The lowest BCUT2D eigenvalue weighted by molar-refractivity contribution is 0.263. The Kier molecular flexibility index (Phi) is 5.68. The molecule has 17 heavy (non-hydrogen) atoms. The number of halogens is 1. The lowest BCUT2D eigenvalue weighted by Crippen LogP contribution is -2.37. The van der Waals surface area contributed by atoms with Crippen LogP contribution < -0.4 is 5.32 Å². The molecule has 0 bridgehead atoms. The highest BCUT2D eigenvalue weighted by Crippen LogP contribution is 2.23. The van der Waals surface area contributed by atoms with Crippen molar-refractivity contribution in [3.8, 4) is 0 Å². The summed E-state index contributed by atoms with van der Waals surface area (Å²) < 4.78 is 1.16. The Balaban J connectivity index is 2.39. The number of hydrogen-bond donors (Lipinski definition) is 1. The highest BCUT2D eigenvalue weighted by Gasteiger charge is 2.21. The Labute approximate surface area is 114 Å². The van der Waals surface area contributed by atoms with Crippen molar-refractivity contribution < 1.29 is 0 Å². The van der Waals surface area contributed by atoms with E-state index in [1.165, 1.54) is 24.8 Å². The van der Waals surface area contributed by atoms with Crippen molar-refractivity contribution >= 4 is 15.9 Å². The third-order valence-corrected chi connectivity index (χ3v) is 3.79. The van der Waals surface area contributed by atoms with E-state index in [1.54, 1.807) is 0 Å². The zero-order valence-electron chi connectivity index (χ0n) is 11.4. The first-order valence-corrected chi connectivity index (χ1v) is 7.14. The van der Waals surface area contributed by atoms with Crippen LogP contribution in [-0.4, -0.2) is 13.1 Å². The molecule has 1 atom stereocenters. The molecule has 2 heteroatoms. The van der Waals surface area contributed by atoms with Gasteiger partial charge in [-0.3, -0.25) is 0 Å². The van der Waals surface area contributed by atoms with Crippen molar-refractivity contribution in [2.45, 2.75) is 46.1 Å². The quantitative estimate of drug-likeness (QED) is 0.849. The van der Waals surface area contributed by atoms with Crippen LogP contribution in [0, 0.1) is 5.41 Å². The number of rotatable bonds is 5. The summed E-state index contributed by atoms with van der Waals surface area (Å²) in [6.07, 6.45) is 3.64. The predicted molar refractivity (Wildman–Crippen MR) is 79.4 cm³/mol. The number of aryl methyl sites for hydroxylation is 1. The normalized spacial score (nSPS) is 13.7. The van der Waals surface area contributed by atoms with Crippen LogP contribution in [0.4, 0.5) is 0 Å². The molecule has 1 rings (SSSR count). The first-order valence-electron chi connectivity index (χ1n) is 6.35. The van der Waals surface area contributed by atoms with Crippen molar-refractivity contribution in [3.05, 3.63) is 34.3 Å². The van der Waals surface area contributed by atoms with Gasteiger partial charge in [-0.1, -0.05) is 48.8 Å². The molecular weight excluding hydrogens is 274 g/mol. The highest BCUT2D eigenvalue weighted by molar-refractivity contribution is 9.10. The average molecular weight is 298 g/mol. The van der Waals surface area contributed by atoms with Crippen molar-refractivity contribution in [3.63, 3.8) is 0 Å². The molecule has 1 nitrogen and oxygen atoms in total. The minimum absolute atomic E-state index is 0.342. The Morgan fingerprint density at radius 3 is 2.24 bits per heavy atom. The first kappa shape index (κ1) is 14.7. The molecule has 1 aromatic carbocycles. The summed E-state index contributed by atoms with van der Waals surface area (Å²) in [7, 11) is 2.07. The standard InChI is InChI=1S/C15H24BrN/c1-15(2,3)14(17-4)7-5-6-12-8-10-13(16)11-9-12/h8-11,14,17H,5-7H2,1-4H3. The molecule has 96 valence electrons. The maximum Gasteiger partial charge on any atom is 0.0175 e. The lowest BCUT2D eigenvalue weighted by atomic mass is 9.83. The smallest absolute Gasteiger partial charge is 0.0175 e. The molecule has 0 aromatic heterocycles. The zero-order chi connectivity index (χ0) is 12.9. The fourth-order valence-corrected chi connectivity index (χ4v) is 2.44. The van der Waals surface area contributed by atoms with E-state index in [0.29, 0.717) is 11.5 Å². The SMILES string of the molecule is CNC(CCCc1ccc(Br)cc1)C(C)(C)C. The molecule has 0 fully saturated rings. The minimum Gasteiger partial charge on any atom is -0.316 e. The van der Waals surface area contributed by atoms with Crippen LogP contribution >= 0.6 is 15.9 Å². The molecule has 0 radical (unpaired) electrons. The van der Waals surface area contributed by atoms with Gasteiger partial charge in [0.05, 0.1) is 0 Å².